The number of para-hydroxylation sites is 1. The minimum Gasteiger partial charge on any atom is -0.496 e. The van der Waals surface area contributed by atoms with Gasteiger partial charge < -0.3 is 4.74 Å². The van der Waals surface area contributed by atoms with Crippen LogP contribution in [0, 0.1) is 11.6 Å². The van der Waals surface area contributed by atoms with Crippen molar-refractivity contribution in [2.45, 2.75) is 23.7 Å². The lowest BCUT2D eigenvalue weighted by molar-refractivity contribution is 0.313. The molecule has 0 bridgehead atoms. The molecule has 1 heterocycles. The second kappa shape index (κ2) is 7.09. The van der Waals surface area contributed by atoms with Crippen LogP contribution in [0.15, 0.2) is 47.4 Å². The van der Waals surface area contributed by atoms with Crippen LogP contribution in [0.5, 0.6) is 5.75 Å². The first-order valence-electron chi connectivity index (χ1n) is 8.01. The first-order valence-corrected chi connectivity index (χ1v) is 9.45. The molecular weight excluding hydrogens is 348 g/mol. The molecule has 0 radical (unpaired) electrons. The summed E-state index contributed by atoms with van der Waals surface area (Å²) in [6.45, 7) is 0.647. The van der Waals surface area contributed by atoms with Gasteiger partial charge in [-0.1, -0.05) is 18.2 Å². The van der Waals surface area contributed by atoms with Crippen molar-refractivity contribution in [1.29, 1.82) is 0 Å². The van der Waals surface area contributed by atoms with Gasteiger partial charge in [-0.05, 0) is 48.6 Å². The average molecular weight is 367 g/mol. The standard InChI is InChI=1S/C18H19F2NO3S/c1-24-18-5-3-2-4-15(18)13-8-10-21(11-9-13)25(22,23)14-6-7-16(19)17(20)12-14/h2-7,12-13H,8-11H2,1H3. The minimum atomic E-state index is -3.83. The van der Waals surface area contributed by atoms with Crippen LogP contribution in [0.4, 0.5) is 8.78 Å². The highest BCUT2D eigenvalue weighted by molar-refractivity contribution is 7.89. The predicted octanol–water partition coefficient (Wildman–Crippen LogP) is 3.54. The number of halogens is 2. The fraction of sp³-hybridized carbons (Fsp3) is 0.333. The lowest BCUT2D eigenvalue weighted by Gasteiger charge is -2.32. The predicted molar refractivity (Wildman–Crippen MR) is 90.1 cm³/mol. The topological polar surface area (TPSA) is 46.6 Å². The van der Waals surface area contributed by atoms with Gasteiger partial charge in [-0.15, -0.1) is 0 Å². The summed E-state index contributed by atoms with van der Waals surface area (Å²) in [7, 11) is -2.21. The van der Waals surface area contributed by atoms with Gasteiger partial charge in [-0.3, -0.25) is 0 Å². The number of nitrogens with zero attached hydrogens (tertiary/aromatic N) is 1. The highest BCUT2D eigenvalue weighted by atomic mass is 32.2. The lowest BCUT2D eigenvalue weighted by Crippen LogP contribution is -2.38. The van der Waals surface area contributed by atoms with Crippen molar-refractivity contribution in [3.05, 3.63) is 59.7 Å². The summed E-state index contributed by atoms with van der Waals surface area (Å²) in [5, 5.41) is 0. The second-order valence-corrected chi connectivity index (χ2v) is 7.93. The Balaban J connectivity index is 1.76. The first kappa shape index (κ1) is 17.8. The third-order valence-electron chi connectivity index (χ3n) is 4.56. The second-order valence-electron chi connectivity index (χ2n) is 6.00. The molecule has 2 aromatic rings. The largest absolute Gasteiger partial charge is 0.496 e. The van der Waals surface area contributed by atoms with Crippen LogP contribution in [0.25, 0.3) is 0 Å². The molecule has 0 atom stereocenters. The third kappa shape index (κ3) is 3.52. The zero-order chi connectivity index (χ0) is 18.0. The van der Waals surface area contributed by atoms with Crippen molar-refractivity contribution >= 4 is 10.0 Å². The molecule has 0 aromatic heterocycles. The van der Waals surface area contributed by atoms with E-state index in [-0.39, 0.29) is 10.8 Å². The molecule has 0 unspecified atom stereocenters. The van der Waals surface area contributed by atoms with Crippen molar-refractivity contribution in [2.24, 2.45) is 0 Å². The van der Waals surface area contributed by atoms with E-state index in [0.717, 1.165) is 29.5 Å². The van der Waals surface area contributed by atoms with Crippen LogP contribution in [0.1, 0.15) is 24.3 Å². The monoisotopic (exact) mass is 367 g/mol. The van der Waals surface area contributed by atoms with Gasteiger partial charge in [-0.25, -0.2) is 17.2 Å². The first-order chi connectivity index (χ1) is 11.9. The van der Waals surface area contributed by atoms with Gasteiger partial charge in [0, 0.05) is 13.1 Å². The van der Waals surface area contributed by atoms with Crippen LogP contribution in [0.3, 0.4) is 0 Å². The maximum Gasteiger partial charge on any atom is 0.243 e. The van der Waals surface area contributed by atoms with Crippen molar-refractivity contribution in [2.75, 3.05) is 20.2 Å². The molecule has 4 nitrogen and oxygen atoms in total. The number of sulfonamides is 1. The van der Waals surface area contributed by atoms with E-state index in [9.17, 15) is 17.2 Å². The van der Waals surface area contributed by atoms with Gasteiger partial charge in [0.15, 0.2) is 11.6 Å². The Hall–Kier alpha value is -1.99. The molecule has 1 aliphatic heterocycles. The highest BCUT2D eigenvalue weighted by Gasteiger charge is 2.31. The van der Waals surface area contributed by atoms with Crippen molar-refractivity contribution in [1.82, 2.24) is 4.31 Å². The Morgan fingerprint density at radius 1 is 1.04 bits per heavy atom. The Labute approximate surface area is 146 Å². The summed E-state index contributed by atoms with van der Waals surface area (Å²) in [6, 6.07) is 10.4. The SMILES string of the molecule is COc1ccccc1C1CCN(S(=O)(=O)c2ccc(F)c(F)c2)CC1. The molecule has 0 saturated carbocycles. The van der Waals surface area contributed by atoms with Gasteiger partial charge >= 0.3 is 0 Å². The van der Waals surface area contributed by atoms with Crippen LogP contribution in [-0.2, 0) is 10.0 Å². The molecule has 0 aliphatic carbocycles. The molecule has 134 valence electrons. The smallest absolute Gasteiger partial charge is 0.243 e. The van der Waals surface area contributed by atoms with Gasteiger partial charge in [0.2, 0.25) is 10.0 Å². The number of benzene rings is 2. The zero-order valence-corrected chi connectivity index (χ0v) is 14.6. The van der Waals surface area contributed by atoms with Gasteiger partial charge in [0.1, 0.15) is 5.75 Å². The summed E-state index contributed by atoms with van der Waals surface area (Å²) in [4.78, 5) is -0.220. The van der Waals surface area contributed by atoms with E-state index < -0.39 is 21.7 Å². The maximum absolute atomic E-state index is 13.4. The van der Waals surface area contributed by atoms with E-state index in [0.29, 0.717) is 25.9 Å². The van der Waals surface area contributed by atoms with Crippen molar-refractivity contribution < 1.29 is 21.9 Å². The molecular formula is C18H19F2NO3S. The molecule has 7 heteroatoms. The maximum atomic E-state index is 13.4. The minimum absolute atomic E-state index is 0.201. The van der Waals surface area contributed by atoms with Crippen LogP contribution < -0.4 is 4.74 Å². The van der Waals surface area contributed by atoms with E-state index in [2.05, 4.69) is 0 Å². The van der Waals surface area contributed by atoms with E-state index in [1.54, 1.807) is 7.11 Å². The Morgan fingerprint density at radius 3 is 2.36 bits per heavy atom. The molecule has 0 amide bonds. The molecule has 1 fully saturated rings. The summed E-state index contributed by atoms with van der Waals surface area (Å²) < 4.78 is 58.4. The number of hydrogen-bond acceptors (Lipinski definition) is 3. The van der Waals surface area contributed by atoms with Crippen molar-refractivity contribution in [3.63, 3.8) is 0 Å². The Kier molecular flexibility index (Phi) is 5.06. The summed E-state index contributed by atoms with van der Waals surface area (Å²) >= 11 is 0. The summed E-state index contributed by atoms with van der Waals surface area (Å²) in [5.74, 6) is -1.23. The molecule has 25 heavy (non-hydrogen) atoms. The van der Waals surface area contributed by atoms with Crippen molar-refractivity contribution in [3.8, 4) is 5.75 Å². The molecule has 1 saturated heterocycles. The molecule has 3 rings (SSSR count). The molecule has 2 aromatic carbocycles. The molecule has 0 N–H and O–H groups in total. The van der Waals surface area contributed by atoms with Gasteiger partial charge in [0.05, 0.1) is 12.0 Å². The van der Waals surface area contributed by atoms with Crippen LogP contribution in [0.2, 0.25) is 0 Å². The number of rotatable bonds is 4. The van der Waals surface area contributed by atoms with Crippen LogP contribution in [-0.4, -0.2) is 32.9 Å². The van der Waals surface area contributed by atoms with Gasteiger partial charge in [-0.2, -0.15) is 4.31 Å². The quantitative estimate of drug-likeness (QED) is 0.830. The molecule has 1 aliphatic rings. The summed E-state index contributed by atoms with van der Waals surface area (Å²) in [6.07, 6.45) is 1.28. The van der Waals surface area contributed by atoms with Gasteiger partial charge in [0.25, 0.3) is 0 Å². The van der Waals surface area contributed by atoms with E-state index >= 15 is 0 Å². The van der Waals surface area contributed by atoms with E-state index in [4.69, 9.17) is 4.74 Å². The molecule has 0 spiro atoms. The van der Waals surface area contributed by atoms with E-state index in [1.807, 2.05) is 24.3 Å². The third-order valence-corrected chi connectivity index (χ3v) is 6.46. The lowest BCUT2D eigenvalue weighted by atomic mass is 9.89. The number of hydrogen-bond donors (Lipinski definition) is 0. The number of piperidine rings is 1. The number of methoxy groups -OCH3 is 1. The highest BCUT2D eigenvalue weighted by Crippen LogP contribution is 2.35. The van der Waals surface area contributed by atoms with Crippen LogP contribution >= 0.6 is 0 Å². The fourth-order valence-electron chi connectivity index (χ4n) is 3.20. The fourth-order valence-corrected chi connectivity index (χ4v) is 4.68. The van der Waals surface area contributed by atoms with E-state index in [1.165, 1.54) is 4.31 Å². The summed E-state index contributed by atoms with van der Waals surface area (Å²) in [5.41, 5.74) is 1.06. The Morgan fingerprint density at radius 2 is 1.72 bits per heavy atom. The zero-order valence-electron chi connectivity index (χ0n) is 13.8. The Bertz CT molecular complexity index is 862. The average Bonchev–Trinajstić information content (AvgIpc) is 2.64. The number of ether oxygens (including phenoxy) is 1. The normalized spacial score (nSPS) is 16.8.